The van der Waals surface area contributed by atoms with Crippen molar-refractivity contribution in [3.8, 4) is 0 Å². The number of esters is 1. The summed E-state index contributed by atoms with van der Waals surface area (Å²) in [7, 11) is 0. The number of benzene rings is 1. The Morgan fingerprint density at radius 1 is 1.47 bits per heavy atom. The summed E-state index contributed by atoms with van der Waals surface area (Å²) in [5.41, 5.74) is 1.68. The number of hydrogen-bond acceptors (Lipinski definition) is 4. The Labute approximate surface area is 111 Å². The average Bonchev–Trinajstić information content (AvgIpc) is 2.99. The molecule has 2 heterocycles. The number of hydrogen-bond donors (Lipinski definition) is 1. The van der Waals surface area contributed by atoms with Gasteiger partial charge < -0.3 is 10.1 Å². The Hall–Kier alpha value is -2.30. The number of fused-ring (bicyclic) bond motifs is 1. The molecule has 1 aromatic carbocycles. The highest BCUT2D eigenvalue weighted by Crippen LogP contribution is 2.31. The van der Waals surface area contributed by atoms with Gasteiger partial charge in [0.25, 0.3) is 0 Å². The zero-order valence-electron chi connectivity index (χ0n) is 10.7. The molecule has 1 N–H and O–H groups in total. The van der Waals surface area contributed by atoms with Gasteiger partial charge in [0, 0.05) is 0 Å². The molecule has 1 aliphatic rings. The lowest BCUT2D eigenvalue weighted by Gasteiger charge is -2.10. The fraction of sp³-hybridized carbons (Fsp3) is 0.286. The predicted molar refractivity (Wildman–Crippen MR) is 71.0 cm³/mol. The van der Waals surface area contributed by atoms with E-state index in [1.165, 1.54) is 5.56 Å². The monoisotopic (exact) mass is 257 g/mol. The second kappa shape index (κ2) is 4.76. The predicted octanol–water partition coefficient (Wildman–Crippen LogP) is 2.23. The summed E-state index contributed by atoms with van der Waals surface area (Å²) >= 11 is 0. The number of aromatic nitrogens is 2. The number of nitrogens with one attached hydrogen (secondary N) is 1. The van der Waals surface area contributed by atoms with Crippen LogP contribution in [0.15, 0.2) is 36.5 Å². The van der Waals surface area contributed by atoms with Crippen LogP contribution in [0.3, 0.4) is 0 Å². The first-order valence-corrected chi connectivity index (χ1v) is 6.34. The van der Waals surface area contributed by atoms with Gasteiger partial charge in [0.05, 0.1) is 25.4 Å². The van der Waals surface area contributed by atoms with Gasteiger partial charge in [-0.05, 0) is 12.5 Å². The van der Waals surface area contributed by atoms with Crippen LogP contribution in [0.4, 0.5) is 5.82 Å². The Bertz CT molecular complexity index is 592. The van der Waals surface area contributed by atoms with Gasteiger partial charge in [0.15, 0.2) is 0 Å². The molecule has 3 rings (SSSR count). The van der Waals surface area contributed by atoms with E-state index in [-0.39, 0.29) is 12.0 Å². The molecule has 19 heavy (non-hydrogen) atoms. The number of nitrogens with zero attached hydrogens (tertiary/aromatic N) is 2. The third-order valence-corrected chi connectivity index (χ3v) is 3.20. The number of ether oxygens (including phenoxy) is 1. The summed E-state index contributed by atoms with van der Waals surface area (Å²) in [6, 6.07) is 10.3. The summed E-state index contributed by atoms with van der Waals surface area (Å²) in [5.74, 6) is 0.414. The SMILES string of the molecule is CCOC(=O)c1cnn2c1NC(c1ccccc1)C2. The first-order chi connectivity index (χ1) is 9.29. The van der Waals surface area contributed by atoms with Crippen molar-refractivity contribution in [3.05, 3.63) is 47.7 Å². The summed E-state index contributed by atoms with van der Waals surface area (Å²) in [6.07, 6.45) is 1.56. The highest BCUT2D eigenvalue weighted by atomic mass is 16.5. The van der Waals surface area contributed by atoms with E-state index in [9.17, 15) is 4.79 Å². The third kappa shape index (κ3) is 2.07. The molecule has 1 atom stereocenters. The largest absolute Gasteiger partial charge is 0.462 e. The number of carbonyl (C=O) groups is 1. The molecular weight excluding hydrogens is 242 g/mol. The van der Waals surface area contributed by atoms with Crippen LogP contribution in [-0.4, -0.2) is 22.4 Å². The van der Waals surface area contributed by atoms with E-state index in [0.717, 1.165) is 12.4 Å². The number of rotatable bonds is 3. The molecule has 0 saturated heterocycles. The van der Waals surface area contributed by atoms with Crippen molar-refractivity contribution in [2.24, 2.45) is 0 Å². The summed E-state index contributed by atoms with van der Waals surface area (Å²) in [5, 5.41) is 7.57. The Kier molecular flexibility index (Phi) is 2.95. The van der Waals surface area contributed by atoms with Crippen molar-refractivity contribution in [3.63, 3.8) is 0 Å². The minimum atomic E-state index is -0.329. The van der Waals surface area contributed by atoms with Crippen molar-refractivity contribution >= 4 is 11.8 Å². The summed E-state index contributed by atoms with van der Waals surface area (Å²) in [6.45, 7) is 2.88. The molecule has 0 fully saturated rings. The van der Waals surface area contributed by atoms with Gasteiger partial charge in [-0.15, -0.1) is 0 Å². The normalized spacial score (nSPS) is 16.8. The minimum Gasteiger partial charge on any atom is -0.462 e. The molecule has 2 aromatic rings. The molecule has 5 heteroatoms. The zero-order chi connectivity index (χ0) is 13.2. The molecule has 98 valence electrons. The fourth-order valence-corrected chi connectivity index (χ4v) is 2.29. The molecule has 1 aliphatic heterocycles. The fourth-order valence-electron chi connectivity index (χ4n) is 2.29. The van der Waals surface area contributed by atoms with Crippen molar-refractivity contribution in [2.45, 2.75) is 19.5 Å². The molecule has 0 saturated carbocycles. The molecule has 0 radical (unpaired) electrons. The maximum atomic E-state index is 11.8. The third-order valence-electron chi connectivity index (χ3n) is 3.20. The molecular formula is C14H15N3O2. The van der Waals surface area contributed by atoms with Gasteiger partial charge in [-0.2, -0.15) is 5.10 Å². The van der Waals surface area contributed by atoms with Crippen LogP contribution < -0.4 is 5.32 Å². The maximum Gasteiger partial charge on any atom is 0.343 e. The van der Waals surface area contributed by atoms with Crippen LogP contribution in [-0.2, 0) is 11.3 Å². The first kappa shape index (κ1) is 11.8. The van der Waals surface area contributed by atoms with E-state index in [1.54, 1.807) is 13.1 Å². The Morgan fingerprint density at radius 2 is 2.26 bits per heavy atom. The van der Waals surface area contributed by atoms with E-state index in [4.69, 9.17) is 4.74 Å². The number of carbonyl (C=O) groups excluding carboxylic acids is 1. The van der Waals surface area contributed by atoms with Gasteiger partial charge in [-0.1, -0.05) is 30.3 Å². The van der Waals surface area contributed by atoms with Crippen molar-refractivity contribution < 1.29 is 9.53 Å². The van der Waals surface area contributed by atoms with E-state index in [0.29, 0.717) is 12.2 Å². The van der Waals surface area contributed by atoms with E-state index < -0.39 is 0 Å². The van der Waals surface area contributed by atoms with E-state index in [1.807, 2.05) is 22.9 Å². The van der Waals surface area contributed by atoms with Gasteiger partial charge in [-0.3, -0.25) is 0 Å². The molecule has 1 unspecified atom stereocenters. The molecule has 0 aliphatic carbocycles. The lowest BCUT2D eigenvalue weighted by Crippen LogP contribution is -2.10. The van der Waals surface area contributed by atoms with Crippen LogP contribution in [0.25, 0.3) is 0 Å². The number of anilines is 1. The molecule has 1 aromatic heterocycles. The lowest BCUT2D eigenvalue weighted by molar-refractivity contribution is 0.0527. The quantitative estimate of drug-likeness (QED) is 0.857. The average molecular weight is 257 g/mol. The molecule has 0 amide bonds. The maximum absolute atomic E-state index is 11.8. The smallest absolute Gasteiger partial charge is 0.343 e. The molecule has 0 bridgehead atoms. The van der Waals surface area contributed by atoms with Crippen molar-refractivity contribution in [1.29, 1.82) is 0 Å². The van der Waals surface area contributed by atoms with Gasteiger partial charge in [0.1, 0.15) is 11.4 Å². The van der Waals surface area contributed by atoms with Crippen LogP contribution in [0.5, 0.6) is 0 Å². The Balaban J connectivity index is 1.83. The summed E-state index contributed by atoms with van der Waals surface area (Å²) in [4.78, 5) is 11.8. The zero-order valence-corrected chi connectivity index (χ0v) is 10.7. The molecule has 5 nitrogen and oxygen atoms in total. The second-order valence-corrected chi connectivity index (χ2v) is 4.42. The van der Waals surface area contributed by atoms with Crippen LogP contribution >= 0.6 is 0 Å². The highest BCUT2D eigenvalue weighted by Gasteiger charge is 2.28. The van der Waals surface area contributed by atoms with Gasteiger partial charge in [0.2, 0.25) is 0 Å². The van der Waals surface area contributed by atoms with Gasteiger partial charge in [-0.25, -0.2) is 9.48 Å². The minimum absolute atomic E-state index is 0.151. The van der Waals surface area contributed by atoms with Gasteiger partial charge >= 0.3 is 5.97 Å². The topological polar surface area (TPSA) is 56.1 Å². The summed E-state index contributed by atoms with van der Waals surface area (Å²) < 4.78 is 6.83. The van der Waals surface area contributed by atoms with E-state index in [2.05, 4.69) is 22.5 Å². The Morgan fingerprint density at radius 3 is 3.00 bits per heavy atom. The standard InChI is InChI=1S/C14H15N3O2/c1-2-19-14(18)11-8-15-17-9-12(16-13(11)17)10-6-4-3-5-7-10/h3-8,12,16H,2,9H2,1H3. The van der Waals surface area contributed by atoms with Crippen LogP contribution in [0.1, 0.15) is 28.9 Å². The molecule has 0 spiro atoms. The first-order valence-electron chi connectivity index (χ1n) is 6.34. The van der Waals surface area contributed by atoms with Crippen LogP contribution in [0.2, 0.25) is 0 Å². The second-order valence-electron chi connectivity index (χ2n) is 4.42. The van der Waals surface area contributed by atoms with Crippen LogP contribution in [0, 0.1) is 0 Å². The van der Waals surface area contributed by atoms with Crippen molar-refractivity contribution in [1.82, 2.24) is 9.78 Å². The lowest BCUT2D eigenvalue weighted by atomic mass is 10.1. The van der Waals surface area contributed by atoms with E-state index >= 15 is 0 Å². The highest BCUT2D eigenvalue weighted by molar-refractivity contribution is 5.94. The van der Waals surface area contributed by atoms with Crippen molar-refractivity contribution in [2.75, 3.05) is 11.9 Å².